The topological polar surface area (TPSA) is 138 Å². The number of carboxylic acids is 1. The molecule has 12 heteroatoms. The van der Waals surface area contributed by atoms with E-state index in [1.807, 2.05) is 24.3 Å². The summed E-state index contributed by atoms with van der Waals surface area (Å²) in [7, 11) is -3.70. The SMILES string of the molecule is CS(=O)(=O)NC(Cc1nc2nc(-c3ccc(N4CCOCC4)cc3)c(Cl)cc2[nH]1)C(=O)O. The number of nitrogens with zero attached hydrogens (tertiary/aromatic N) is 3. The standard InChI is InChI=1S/C20H22ClN5O5S/c1-32(29,30)25-16(20(27)28)11-17-22-15-10-14(21)18(24-19(15)23-17)12-2-4-13(5-3-12)26-6-8-31-9-7-26/h2-5,10,16,25H,6-9,11H2,1H3,(H,27,28)(H,22,23,24). The number of aromatic amines is 1. The van der Waals surface area contributed by atoms with Gasteiger partial charge in [-0.15, -0.1) is 0 Å². The molecule has 0 amide bonds. The van der Waals surface area contributed by atoms with Crippen LogP contribution in [0.2, 0.25) is 5.02 Å². The summed E-state index contributed by atoms with van der Waals surface area (Å²) in [6, 6.07) is 8.21. The van der Waals surface area contributed by atoms with Crippen LogP contribution in [-0.4, -0.2) is 73.0 Å². The van der Waals surface area contributed by atoms with Crippen molar-refractivity contribution >= 4 is 44.4 Å². The largest absolute Gasteiger partial charge is 0.480 e. The molecular weight excluding hydrogens is 458 g/mol. The second-order valence-electron chi connectivity index (χ2n) is 7.50. The van der Waals surface area contributed by atoms with E-state index in [1.165, 1.54) is 0 Å². The van der Waals surface area contributed by atoms with Crippen LogP contribution in [0.4, 0.5) is 5.69 Å². The van der Waals surface area contributed by atoms with E-state index in [0.717, 1.165) is 30.6 Å². The second kappa shape index (κ2) is 9.02. The zero-order chi connectivity index (χ0) is 22.9. The van der Waals surface area contributed by atoms with Crippen LogP contribution in [0.25, 0.3) is 22.4 Å². The zero-order valence-electron chi connectivity index (χ0n) is 17.2. The fraction of sp³-hybridized carbons (Fsp3) is 0.350. The molecule has 0 saturated carbocycles. The van der Waals surface area contributed by atoms with Gasteiger partial charge < -0.3 is 19.7 Å². The van der Waals surface area contributed by atoms with E-state index in [0.29, 0.717) is 35.1 Å². The van der Waals surface area contributed by atoms with Gasteiger partial charge in [-0.3, -0.25) is 4.79 Å². The molecule has 3 aromatic rings. The van der Waals surface area contributed by atoms with Crippen molar-refractivity contribution < 1.29 is 23.1 Å². The number of imidazole rings is 1. The predicted molar refractivity (Wildman–Crippen MR) is 120 cm³/mol. The number of aromatic nitrogens is 3. The maximum Gasteiger partial charge on any atom is 0.322 e. The normalized spacial score (nSPS) is 15.8. The number of halogens is 1. The summed E-state index contributed by atoms with van der Waals surface area (Å²) < 4.78 is 30.3. The van der Waals surface area contributed by atoms with Crippen LogP contribution >= 0.6 is 11.6 Å². The van der Waals surface area contributed by atoms with E-state index in [-0.39, 0.29) is 12.2 Å². The van der Waals surface area contributed by atoms with Crippen LogP contribution in [0, 0.1) is 0 Å². The molecule has 3 heterocycles. The molecular formula is C20H22ClN5O5S. The lowest BCUT2D eigenvalue weighted by molar-refractivity contribution is -0.138. The highest BCUT2D eigenvalue weighted by molar-refractivity contribution is 7.88. The predicted octanol–water partition coefficient (Wildman–Crippen LogP) is 1.66. The van der Waals surface area contributed by atoms with Gasteiger partial charge in [0.15, 0.2) is 5.65 Å². The van der Waals surface area contributed by atoms with Gasteiger partial charge in [-0.2, -0.15) is 0 Å². The van der Waals surface area contributed by atoms with Crippen LogP contribution in [-0.2, 0) is 26.0 Å². The van der Waals surface area contributed by atoms with Crippen molar-refractivity contribution in [1.82, 2.24) is 19.7 Å². The Kier molecular flexibility index (Phi) is 6.33. The number of benzene rings is 1. The molecule has 1 fully saturated rings. The molecule has 3 N–H and O–H groups in total. The van der Waals surface area contributed by atoms with Crippen LogP contribution in [0.5, 0.6) is 0 Å². The van der Waals surface area contributed by atoms with Crippen molar-refractivity contribution in [3.63, 3.8) is 0 Å². The molecule has 0 radical (unpaired) electrons. The first-order chi connectivity index (χ1) is 15.2. The van der Waals surface area contributed by atoms with E-state index in [9.17, 15) is 18.3 Å². The van der Waals surface area contributed by atoms with Crippen LogP contribution in [0.1, 0.15) is 5.82 Å². The average Bonchev–Trinajstić information content (AvgIpc) is 3.13. The van der Waals surface area contributed by atoms with Crippen LogP contribution < -0.4 is 9.62 Å². The lowest BCUT2D eigenvalue weighted by atomic mass is 10.1. The molecule has 4 rings (SSSR count). The molecule has 1 atom stereocenters. The highest BCUT2D eigenvalue weighted by Gasteiger charge is 2.24. The summed E-state index contributed by atoms with van der Waals surface area (Å²) in [6.07, 6.45) is 0.736. The Labute approximate surface area is 189 Å². The lowest BCUT2D eigenvalue weighted by Crippen LogP contribution is -2.41. The summed E-state index contributed by atoms with van der Waals surface area (Å²) in [5.41, 5.74) is 3.35. The minimum atomic E-state index is -3.70. The maximum absolute atomic E-state index is 11.4. The minimum Gasteiger partial charge on any atom is -0.480 e. The third-order valence-electron chi connectivity index (χ3n) is 5.04. The lowest BCUT2D eigenvalue weighted by Gasteiger charge is -2.28. The van der Waals surface area contributed by atoms with Gasteiger partial charge in [-0.05, 0) is 18.2 Å². The summed E-state index contributed by atoms with van der Waals surface area (Å²) in [5, 5.41) is 9.72. The van der Waals surface area contributed by atoms with Gasteiger partial charge in [0.2, 0.25) is 10.0 Å². The fourth-order valence-electron chi connectivity index (χ4n) is 3.55. The zero-order valence-corrected chi connectivity index (χ0v) is 18.8. The molecule has 1 aliphatic heterocycles. The number of hydrogen-bond donors (Lipinski definition) is 3. The average molecular weight is 480 g/mol. The van der Waals surface area contributed by atoms with Gasteiger partial charge in [-0.1, -0.05) is 23.7 Å². The number of aliphatic carboxylic acids is 1. The van der Waals surface area contributed by atoms with Gasteiger partial charge in [0.25, 0.3) is 0 Å². The van der Waals surface area contributed by atoms with Gasteiger partial charge >= 0.3 is 5.97 Å². The highest BCUT2D eigenvalue weighted by Crippen LogP contribution is 2.30. The van der Waals surface area contributed by atoms with Gasteiger partial charge in [0.1, 0.15) is 11.9 Å². The quantitative estimate of drug-likeness (QED) is 0.465. The van der Waals surface area contributed by atoms with Crippen molar-refractivity contribution in [3.8, 4) is 11.3 Å². The van der Waals surface area contributed by atoms with E-state index < -0.39 is 22.0 Å². The Balaban J connectivity index is 1.59. The number of H-pyrrole nitrogens is 1. The summed E-state index contributed by atoms with van der Waals surface area (Å²) in [5.74, 6) is -1.02. The third-order valence-corrected chi connectivity index (χ3v) is 6.05. The highest BCUT2D eigenvalue weighted by atomic mass is 35.5. The maximum atomic E-state index is 11.4. The number of carboxylic acid groups (broad SMARTS) is 1. The number of anilines is 1. The fourth-order valence-corrected chi connectivity index (χ4v) is 4.51. The number of sulfonamides is 1. The summed E-state index contributed by atoms with van der Waals surface area (Å²) in [6.45, 7) is 3.09. The number of ether oxygens (including phenoxy) is 1. The summed E-state index contributed by atoms with van der Waals surface area (Å²) in [4.78, 5) is 25.5. The van der Waals surface area contributed by atoms with Gasteiger partial charge in [0.05, 0.1) is 35.7 Å². The van der Waals surface area contributed by atoms with Crippen molar-refractivity contribution in [1.29, 1.82) is 0 Å². The number of carbonyl (C=O) groups is 1. The van der Waals surface area contributed by atoms with E-state index >= 15 is 0 Å². The van der Waals surface area contributed by atoms with Crippen molar-refractivity contribution in [3.05, 3.63) is 41.2 Å². The Morgan fingerprint density at radius 1 is 1.28 bits per heavy atom. The smallest absolute Gasteiger partial charge is 0.322 e. The molecule has 1 saturated heterocycles. The molecule has 1 aromatic carbocycles. The van der Waals surface area contributed by atoms with Gasteiger partial charge in [-0.25, -0.2) is 23.1 Å². The number of rotatable bonds is 7. The van der Waals surface area contributed by atoms with E-state index in [1.54, 1.807) is 6.07 Å². The molecule has 170 valence electrons. The number of fused-ring (bicyclic) bond motifs is 1. The van der Waals surface area contributed by atoms with Crippen LogP contribution in [0.15, 0.2) is 30.3 Å². The molecule has 10 nitrogen and oxygen atoms in total. The first-order valence-electron chi connectivity index (χ1n) is 9.88. The van der Waals surface area contributed by atoms with Crippen molar-refractivity contribution in [2.75, 3.05) is 37.5 Å². The number of hydrogen-bond acceptors (Lipinski definition) is 7. The third kappa shape index (κ3) is 5.18. The minimum absolute atomic E-state index is 0.167. The molecule has 0 bridgehead atoms. The van der Waals surface area contributed by atoms with Gasteiger partial charge in [0, 0.05) is 30.8 Å². The van der Waals surface area contributed by atoms with Crippen LogP contribution in [0.3, 0.4) is 0 Å². The molecule has 1 unspecified atom stereocenters. The van der Waals surface area contributed by atoms with E-state index in [4.69, 9.17) is 16.3 Å². The van der Waals surface area contributed by atoms with E-state index in [2.05, 4.69) is 24.6 Å². The molecule has 0 aliphatic carbocycles. The molecule has 0 spiro atoms. The molecule has 2 aromatic heterocycles. The Hall–Kier alpha value is -2.73. The first-order valence-corrected chi connectivity index (χ1v) is 12.1. The number of pyridine rings is 1. The Bertz CT molecular complexity index is 1240. The Morgan fingerprint density at radius 3 is 2.59 bits per heavy atom. The molecule has 32 heavy (non-hydrogen) atoms. The van der Waals surface area contributed by atoms with Crippen molar-refractivity contribution in [2.24, 2.45) is 0 Å². The summed E-state index contributed by atoms with van der Waals surface area (Å²) >= 11 is 6.46. The number of nitrogens with one attached hydrogen (secondary N) is 2. The number of morpholine rings is 1. The van der Waals surface area contributed by atoms with Crippen molar-refractivity contribution in [2.45, 2.75) is 12.5 Å². The molecule has 1 aliphatic rings. The second-order valence-corrected chi connectivity index (χ2v) is 9.69. The monoisotopic (exact) mass is 479 g/mol. The first kappa shape index (κ1) is 22.5. The Morgan fingerprint density at radius 2 is 1.97 bits per heavy atom.